The second kappa shape index (κ2) is 4.39. The first kappa shape index (κ1) is 11.3. The minimum absolute atomic E-state index is 0.295. The number of rotatable bonds is 2. The van der Waals surface area contributed by atoms with Gasteiger partial charge in [-0.3, -0.25) is 10.1 Å². The fourth-order valence-electron chi connectivity index (χ4n) is 1.48. The third-order valence-electron chi connectivity index (χ3n) is 2.33. The zero-order chi connectivity index (χ0) is 11.7. The number of benzene rings is 1. The predicted octanol–water partition coefficient (Wildman–Crippen LogP) is 1.75. The van der Waals surface area contributed by atoms with E-state index in [-0.39, 0.29) is 5.37 Å². The number of halogens is 2. The van der Waals surface area contributed by atoms with Crippen molar-refractivity contribution < 1.29 is 18.7 Å². The number of carbonyl (C=O) groups is 1. The summed E-state index contributed by atoms with van der Waals surface area (Å²) in [6.45, 7) is 0. The Morgan fingerprint density at radius 1 is 1.44 bits per heavy atom. The summed E-state index contributed by atoms with van der Waals surface area (Å²) in [7, 11) is 0. The van der Waals surface area contributed by atoms with Crippen molar-refractivity contribution in [3.63, 3.8) is 0 Å². The Balaban J connectivity index is 2.14. The van der Waals surface area contributed by atoms with E-state index in [1.807, 2.05) is 0 Å². The molecule has 1 heterocycles. The Kier molecular flexibility index (Phi) is 3.11. The SMILES string of the molecule is O=C(O)C1CSC(c2ccc(F)c(F)c2)N1. The minimum Gasteiger partial charge on any atom is -0.480 e. The third kappa shape index (κ3) is 2.17. The summed E-state index contributed by atoms with van der Waals surface area (Å²) in [4.78, 5) is 10.7. The number of nitrogens with one attached hydrogen (secondary N) is 1. The maximum absolute atomic E-state index is 13.0. The molecule has 1 aliphatic rings. The van der Waals surface area contributed by atoms with Crippen molar-refractivity contribution in [3.8, 4) is 0 Å². The highest BCUT2D eigenvalue weighted by Gasteiger charge is 2.30. The number of thioether (sulfide) groups is 1. The molecule has 16 heavy (non-hydrogen) atoms. The number of hydrogen-bond acceptors (Lipinski definition) is 3. The number of carboxylic acid groups (broad SMARTS) is 1. The van der Waals surface area contributed by atoms with E-state index in [9.17, 15) is 13.6 Å². The van der Waals surface area contributed by atoms with Crippen LogP contribution in [0.4, 0.5) is 8.78 Å². The molecule has 1 aromatic rings. The molecule has 86 valence electrons. The highest BCUT2D eigenvalue weighted by molar-refractivity contribution is 7.99. The van der Waals surface area contributed by atoms with Gasteiger partial charge in [0.1, 0.15) is 6.04 Å². The Bertz CT molecular complexity index is 427. The van der Waals surface area contributed by atoms with Crippen molar-refractivity contribution in [3.05, 3.63) is 35.4 Å². The molecule has 2 atom stereocenters. The van der Waals surface area contributed by atoms with Gasteiger partial charge in [-0.25, -0.2) is 8.78 Å². The average Bonchev–Trinajstić information content (AvgIpc) is 2.71. The molecule has 0 spiro atoms. The van der Waals surface area contributed by atoms with Gasteiger partial charge in [-0.2, -0.15) is 0 Å². The van der Waals surface area contributed by atoms with Crippen LogP contribution < -0.4 is 5.32 Å². The van der Waals surface area contributed by atoms with Gasteiger partial charge in [-0.15, -0.1) is 11.8 Å². The molecule has 1 aliphatic heterocycles. The summed E-state index contributed by atoms with van der Waals surface area (Å²) in [5.74, 6) is -2.34. The molecule has 2 N–H and O–H groups in total. The average molecular weight is 245 g/mol. The van der Waals surface area contributed by atoms with Gasteiger partial charge in [0.25, 0.3) is 0 Å². The first-order valence-corrected chi connectivity index (χ1v) is 5.68. The molecular formula is C10H9F2NO2S. The Labute approximate surface area is 94.8 Å². The van der Waals surface area contributed by atoms with Crippen LogP contribution in [0, 0.1) is 11.6 Å². The molecule has 1 saturated heterocycles. The lowest BCUT2D eigenvalue weighted by atomic mass is 10.2. The molecule has 1 fully saturated rings. The smallest absolute Gasteiger partial charge is 0.321 e. The Morgan fingerprint density at radius 2 is 2.19 bits per heavy atom. The number of aliphatic carboxylic acids is 1. The molecule has 1 aromatic carbocycles. The Hall–Kier alpha value is -1.14. The molecule has 2 rings (SSSR count). The molecule has 0 aliphatic carbocycles. The van der Waals surface area contributed by atoms with E-state index >= 15 is 0 Å². The molecule has 6 heteroatoms. The lowest BCUT2D eigenvalue weighted by molar-refractivity contribution is -0.138. The van der Waals surface area contributed by atoms with Crippen LogP contribution in [0.2, 0.25) is 0 Å². The van der Waals surface area contributed by atoms with Gasteiger partial charge in [-0.1, -0.05) is 6.07 Å². The molecule has 0 amide bonds. The van der Waals surface area contributed by atoms with Crippen LogP contribution in [0.1, 0.15) is 10.9 Å². The fraction of sp³-hybridized carbons (Fsp3) is 0.300. The lowest BCUT2D eigenvalue weighted by Gasteiger charge is -2.11. The van der Waals surface area contributed by atoms with Crippen LogP contribution in [0.15, 0.2) is 18.2 Å². The monoisotopic (exact) mass is 245 g/mol. The van der Waals surface area contributed by atoms with Crippen LogP contribution >= 0.6 is 11.8 Å². The van der Waals surface area contributed by atoms with Crippen LogP contribution in [-0.4, -0.2) is 22.9 Å². The van der Waals surface area contributed by atoms with E-state index in [0.29, 0.717) is 11.3 Å². The van der Waals surface area contributed by atoms with Gasteiger partial charge in [0.15, 0.2) is 11.6 Å². The first-order chi connectivity index (χ1) is 7.58. The van der Waals surface area contributed by atoms with E-state index in [2.05, 4.69) is 5.32 Å². The van der Waals surface area contributed by atoms with Gasteiger partial charge >= 0.3 is 5.97 Å². The van der Waals surface area contributed by atoms with E-state index < -0.39 is 23.6 Å². The van der Waals surface area contributed by atoms with Crippen molar-refractivity contribution >= 4 is 17.7 Å². The highest BCUT2D eigenvalue weighted by atomic mass is 32.2. The normalized spacial score (nSPS) is 24.6. The summed E-state index contributed by atoms with van der Waals surface area (Å²) in [5, 5.41) is 11.3. The quantitative estimate of drug-likeness (QED) is 0.833. The van der Waals surface area contributed by atoms with Gasteiger partial charge in [0.05, 0.1) is 5.37 Å². The summed E-state index contributed by atoms with van der Waals surface area (Å²) >= 11 is 1.37. The fourth-order valence-corrected chi connectivity index (χ4v) is 2.71. The Morgan fingerprint density at radius 3 is 2.75 bits per heavy atom. The van der Waals surface area contributed by atoms with Crippen LogP contribution in [0.3, 0.4) is 0 Å². The minimum atomic E-state index is -0.933. The molecule has 2 unspecified atom stereocenters. The largest absolute Gasteiger partial charge is 0.480 e. The highest BCUT2D eigenvalue weighted by Crippen LogP contribution is 2.33. The van der Waals surface area contributed by atoms with Crippen LogP contribution in [-0.2, 0) is 4.79 Å². The van der Waals surface area contributed by atoms with E-state index in [4.69, 9.17) is 5.11 Å². The van der Waals surface area contributed by atoms with Crippen molar-refractivity contribution in [2.75, 3.05) is 5.75 Å². The predicted molar refractivity (Wildman–Crippen MR) is 56.1 cm³/mol. The van der Waals surface area contributed by atoms with Crippen molar-refractivity contribution in [2.24, 2.45) is 0 Å². The topological polar surface area (TPSA) is 49.3 Å². The van der Waals surface area contributed by atoms with Crippen molar-refractivity contribution in [1.29, 1.82) is 0 Å². The van der Waals surface area contributed by atoms with Crippen molar-refractivity contribution in [1.82, 2.24) is 5.32 Å². The van der Waals surface area contributed by atoms with E-state index in [1.54, 1.807) is 0 Å². The number of hydrogen-bond donors (Lipinski definition) is 2. The maximum Gasteiger partial charge on any atom is 0.321 e. The second-order valence-electron chi connectivity index (χ2n) is 3.44. The maximum atomic E-state index is 13.0. The zero-order valence-electron chi connectivity index (χ0n) is 8.11. The first-order valence-electron chi connectivity index (χ1n) is 4.63. The molecule has 0 bridgehead atoms. The second-order valence-corrected chi connectivity index (χ2v) is 4.58. The number of carboxylic acids is 1. The van der Waals surface area contributed by atoms with Gasteiger partial charge in [0.2, 0.25) is 0 Å². The van der Waals surface area contributed by atoms with E-state index in [0.717, 1.165) is 12.1 Å². The van der Waals surface area contributed by atoms with Crippen LogP contribution in [0.5, 0.6) is 0 Å². The lowest BCUT2D eigenvalue weighted by Crippen LogP contribution is -2.33. The summed E-state index contributed by atoms with van der Waals surface area (Å²) in [6, 6.07) is 2.95. The molecule has 0 saturated carbocycles. The summed E-state index contributed by atoms with van der Waals surface area (Å²) in [6.07, 6.45) is 0. The van der Waals surface area contributed by atoms with E-state index in [1.165, 1.54) is 17.8 Å². The van der Waals surface area contributed by atoms with Crippen LogP contribution in [0.25, 0.3) is 0 Å². The summed E-state index contributed by atoms with van der Waals surface area (Å²) in [5.41, 5.74) is 0.549. The molecule has 0 aromatic heterocycles. The van der Waals surface area contributed by atoms with Crippen molar-refractivity contribution in [2.45, 2.75) is 11.4 Å². The molecule has 3 nitrogen and oxygen atoms in total. The summed E-state index contributed by atoms with van der Waals surface area (Å²) < 4.78 is 25.7. The third-order valence-corrected chi connectivity index (χ3v) is 3.59. The van der Waals surface area contributed by atoms with Gasteiger partial charge < -0.3 is 5.11 Å². The molecular weight excluding hydrogens is 236 g/mol. The molecule has 0 radical (unpaired) electrons. The standard InChI is InChI=1S/C10H9F2NO2S/c11-6-2-1-5(3-7(6)12)9-13-8(4-16-9)10(14)15/h1-3,8-9,13H,4H2,(H,14,15). The van der Waals surface area contributed by atoms with Gasteiger partial charge in [0, 0.05) is 5.75 Å². The zero-order valence-corrected chi connectivity index (χ0v) is 8.93. The van der Waals surface area contributed by atoms with Gasteiger partial charge in [-0.05, 0) is 17.7 Å².